The molecule has 172 valence electrons. The van der Waals surface area contributed by atoms with Gasteiger partial charge in [0.15, 0.2) is 16.6 Å². The van der Waals surface area contributed by atoms with Gasteiger partial charge in [0.2, 0.25) is 5.91 Å². The maximum atomic E-state index is 13.3. The molecule has 1 aliphatic heterocycles. The number of ether oxygens (including phenoxy) is 2. The fourth-order valence-corrected chi connectivity index (χ4v) is 4.40. The van der Waals surface area contributed by atoms with Crippen LogP contribution in [0.2, 0.25) is 0 Å². The van der Waals surface area contributed by atoms with Crippen molar-refractivity contribution in [3.05, 3.63) is 59.4 Å². The number of para-hydroxylation sites is 1. The van der Waals surface area contributed by atoms with Crippen LogP contribution in [-0.2, 0) is 11.3 Å². The van der Waals surface area contributed by atoms with Gasteiger partial charge in [0, 0.05) is 37.2 Å². The molecule has 2 aromatic carbocycles. The summed E-state index contributed by atoms with van der Waals surface area (Å²) in [4.78, 5) is 15.3. The molecule has 2 aromatic rings. The van der Waals surface area contributed by atoms with Crippen molar-refractivity contribution in [1.82, 2.24) is 15.5 Å². The highest BCUT2D eigenvalue weighted by Gasteiger charge is 2.41. The lowest BCUT2D eigenvalue weighted by atomic mass is 9.87. The fraction of sp³-hybridized carbons (Fsp3) is 0.417. The van der Waals surface area contributed by atoms with Crippen LogP contribution >= 0.6 is 12.2 Å². The minimum absolute atomic E-state index is 0.0842. The first-order valence-corrected chi connectivity index (χ1v) is 11.0. The second-order valence-corrected chi connectivity index (χ2v) is 8.54. The van der Waals surface area contributed by atoms with Gasteiger partial charge >= 0.3 is 0 Å². The predicted octanol–water partition coefficient (Wildman–Crippen LogP) is 3.46. The van der Waals surface area contributed by atoms with E-state index >= 15 is 0 Å². The van der Waals surface area contributed by atoms with Crippen molar-refractivity contribution in [2.45, 2.75) is 32.4 Å². The van der Waals surface area contributed by atoms with Gasteiger partial charge < -0.3 is 25.0 Å². The van der Waals surface area contributed by atoms with Crippen LogP contribution in [0.5, 0.6) is 11.5 Å². The van der Waals surface area contributed by atoms with Gasteiger partial charge in [-0.25, -0.2) is 4.39 Å². The lowest BCUT2D eigenvalue weighted by molar-refractivity contribution is -0.125. The number of thiocarbonyl (C=S) groups is 1. The number of nitrogens with zero attached hydrogens (tertiary/aromatic N) is 1. The molecule has 0 aromatic heterocycles. The molecule has 1 heterocycles. The van der Waals surface area contributed by atoms with Crippen molar-refractivity contribution in [2.24, 2.45) is 5.92 Å². The predicted molar refractivity (Wildman–Crippen MR) is 126 cm³/mol. The average molecular weight is 460 g/mol. The summed E-state index contributed by atoms with van der Waals surface area (Å²) >= 11 is 5.59. The Morgan fingerprint density at radius 3 is 2.50 bits per heavy atom. The maximum Gasteiger partial charge on any atom is 0.225 e. The van der Waals surface area contributed by atoms with Gasteiger partial charge in [0.05, 0.1) is 20.1 Å². The van der Waals surface area contributed by atoms with Crippen LogP contribution in [0, 0.1) is 11.7 Å². The van der Waals surface area contributed by atoms with Crippen molar-refractivity contribution >= 4 is 23.2 Å². The maximum absolute atomic E-state index is 13.3. The van der Waals surface area contributed by atoms with Gasteiger partial charge in [-0.3, -0.25) is 4.79 Å². The first kappa shape index (κ1) is 23.8. The Kier molecular flexibility index (Phi) is 7.90. The largest absolute Gasteiger partial charge is 0.493 e. The van der Waals surface area contributed by atoms with Crippen molar-refractivity contribution in [1.29, 1.82) is 0 Å². The number of methoxy groups -OCH3 is 2. The summed E-state index contributed by atoms with van der Waals surface area (Å²) in [6, 6.07) is 12.0. The fourth-order valence-electron chi connectivity index (χ4n) is 4.02. The normalized spacial score (nSPS) is 17.9. The molecule has 1 saturated heterocycles. The number of carbonyl (C=O) groups is 1. The first-order chi connectivity index (χ1) is 15.3. The van der Waals surface area contributed by atoms with Gasteiger partial charge in [-0.1, -0.05) is 24.3 Å². The minimum atomic E-state index is -0.344. The first-order valence-electron chi connectivity index (χ1n) is 10.6. The molecule has 0 spiro atoms. The molecule has 0 bridgehead atoms. The molecule has 2 unspecified atom stereocenters. The highest BCUT2D eigenvalue weighted by molar-refractivity contribution is 7.80. The van der Waals surface area contributed by atoms with Crippen LogP contribution in [0.4, 0.5) is 4.39 Å². The Labute approximate surface area is 194 Å². The van der Waals surface area contributed by atoms with Crippen LogP contribution in [0.3, 0.4) is 0 Å². The number of likely N-dealkylation sites (tertiary alicyclic amines) is 1. The van der Waals surface area contributed by atoms with E-state index in [-0.39, 0.29) is 29.6 Å². The van der Waals surface area contributed by atoms with E-state index in [2.05, 4.69) is 10.6 Å². The van der Waals surface area contributed by atoms with Gasteiger partial charge in [0.1, 0.15) is 5.82 Å². The summed E-state index contributed by atoms with van der Waals surface area (Å²) in [5.41, 5.74) is 1.74. The van der Waals surface area contributed by atoms with Crippen LogP contribution in [-0.4, -0.2) is 49.3 Å². The summed E-state index contributed by atoms with van der Waals surface area (Å²) in [5.74, 6) is 0.378. The van der Waals surface area contributed by atoms with E-state index in [4.69, 9.17) is 21.7 Å². The average Bonchev–Trinajstić information content (AvgIpc) is 3.23. The molecule has 32 heavy (non-hydrogen) atoms. The van der Waals surface area contributed by atoms with E-state index < -0.39 is 0 Å². The van der Waals surface area contributed by atoms with E-state index in [1.807, 2.05) is 36.9 Å². The van der Waals surface area contributed by atoms with E-state index in [0.29, 0.717) is 36.2 Å². The lowest BCUT2D eigenvalue weighted by Crippen LogP contribution is -2.42. The number of hydrogen-bond donors (Lipinski definition) is 2. The van der Waals surface area contributed by atoms with E-state index in [9.17, 15) is 9.18 Å². The summed E-state index contributed by atoms with van der Waals surface area (Å²) in [7, 11) is 3.19. The number of amides is 1. The van der Waals surface area contributed by atoms with Crippen LogP contribution in [0.15, 0.2) is 42.5 Å². The van der Waals surface area contributed by atoms with Crippen LogP contribution in [0.25, 0.3) is 0 Å². The second kappa shape index (κ2) is 10.6. The van der Waals surface area contributed by atoms with Crippen LogP contribution in [0.1, 0.15) is 30.9 Å². The number of rotatable bonds is 7. The number of halogens is 1. The topological polar surface area (TPSA) is 62.8 Å². The third-order valence-corrected chi connectivity index (χ3v) is 5.94. The number of hydrogen-bond acceptors (Lipinski definition) is 4. The highest BCUT2D eigenvalue weighted by atomic mass is 32.1. The third-order valence-electron chi connectivity index (χ3n) is 5.57. The highest BCUT2D eigenvalue weighted by Crippen LogP contribution is 2.42. The molecule has 2 N–H and O–H groups in total. The zero-order chi connectivity index (χ0) is 23.3. The monoisotopic (exact) mass is 459 g/mol. The Hall–Kier alpha value is -2.87. The Morgan fingerprint density at radius 2 is 1.88 bits per heavy atom. The summed E-state index contributed by atoms with van der Waals surface area (Å²) in [6.45, 7) is 5.44. The second-order valence-electron chi connectivity index (χ2n) is 8.15. The van der Waals surface area contributed by atoms with Crippen LogP contribution < -0.4 is 20.1 Å². The Bertz CT molecular complexity index is 952. The SMILES string of the molecule is COc1cccc(C2CN(C(=S)NC(C)C)CC2C(=O)NCc2ccc(F)cc2)c1OC. The quantitative estimate of drug-likeness (QED) is 0.619. The standard InChI is InChI=1S/C24H30FN3O3S/c1-15(2)27-24(32)28-13-19(18-6-5-7-21(30-3)22(18)31-4)20(14-28)23(29)26-12-16-8-10-17(25)11-9-16/h5-11,15,19-20H,12-14H2,1-4H3,(H,26,29)(H,27,32). The Balaban J connectivity index is 1.85. The number of nitrogens with one attached hydrogen (secondary N) is 2. The summed E-state index contributed by atoms with van der Waals surface area (Å²) in [6.07, 6.45) is 0. The minimum Gasteiger partial charge on any atom is -0.493 e. The molecular weight excluding hydrogens is 429 g/mol. The summed E-state index contributed by atoms with van der Waals surface area (Å²) in [5, 5.41) is 6.89. The zero-order valence-electron chi connectivity index (χ0n) is 18.9. The summed E-state index contributed by atoms with van der Waals surface area (Å²) < 4.78 is 24.3. The van der Waals surface area contributed by atoms with Crippen molar-refractivity contribution in [3.63, 3.8) is 0 Å². The smallest absolute Gasteiger partial charge is 0.225 e. The third kappa shape index (κ3) is 5.48. The molecule has 8 heteroatoms. The van der Waals surface area contributed by atoms with E-state index in [1.54, 1.807) is 26.4 Å². The molecule has 1 amide bonds. The molecule has 1 fully saturated rings. The van der Waals surface area contributed by atoms with E-state index in [0.717, 1.165) is 11.1 Å². The Morgan fingerprint density at radius 1 is 1.16 bits per heavy atom. The molecule has 0 aliphatic carbocycles. The zero-order valence-corrected chi connectivity index (χ0v) is 19.7. The van der Waals surface area contributed by atoms with Crippen molar-refractivity contribution in [3.8, 4) is 11.5 Å². The van der Waals surface area contributed by atoms with Crippen molar-refractivity contribution < 1.29 is 18.7 Å². The van der Waals surface area contributed by atoms with Gasteiger partial charge in [-0.15, -0.1) is 0 Å². The molecule has 3 rings (SSSR count). The van der Waals surface area contributed by atoms with Crippen molar-refractivity contribution in [2.75, 3.05) is 27.3 Å². The number of benzene rings is 2. The molecule has 6 nitrogen and oxygen atoms in total. The van der Waals surface area contributed by atoms with Gasteiger partial charge in [-0.2, -0.15) is 0 Å². The number of carbonyl (C=O) groups excluding carboxylic acids is 1. The molecule has 0 saturated carbocycles. The molecule has 2 atom stereocenters. The lowest BCUT2D eigenvalue weighted by Gasteiger charge is -2.23. The molecule has 1 aliphatic rings. The van der Waals surface area contributed by atoms with Gasteiger partial charge in [0.25, 0.3) is 0 Å². The molecular formula is C24H30FN3O3S. The van der Waals surface area contributed by atoms with Gasteiger partial charge in [-0.05, 0) is 49.8 Å². The molecule has 0 radical (unpaired) electrons. The van der Waals surface area contributed by atoms with E-state index in [1.165, 1.54) is 12.1 Å².